The molecular weight excluding hydrogens is 370 g/mol. The van der Waals surface area contributed by atoms with Crippen molar-refractivity contribution in [2.75, 3.05) is 5.32 Å². The van der Waals surface area contributed by atoms with Crippen molar-refractivity contribution in [1.29, 1.82) is 0 Å². The van der Waals surface area contributed by atoms with Gasteiger partial charge in [0.25, 0.3) is 0 Å². The minimum Gasteiger partial charge on any atom is -0.423 e. The first-order valence-corrected chi connectivity index (χ1v) is 8.11. The zero-order chi connectivity index (χ0) is 17.1. The van der Waals surface area contributed by atoms with Crippen molar-refractivity contribution in [2.24, 2.45) is 0 Å². The molecule has 1 N–H and O–H groups in total. The van der Waals surface area contributed by atoms with Gasteiger partial charge < -0.3 is 10.1 Å². The van der Waals surface area contributed by atoms with E-state index in [0.29, 0.717) is 17.0 Å². The molecule has 0 unspecified atom stereocenters. The van der Waals surface area contributed by atoms with Crippen LogP contribution >= 0.6 is 15.9 Å². The van der Waals surface area contributed by atoms with Crippen LogP contribution in [0.3, 0.4) is 0 Å². The van der Waals surface area contributed by atoms with E-state index >= 15 is 0 Å². The summed E-state index contributed by atoms with van der Waals surface area (Å²) in [6.07, 6.45) is 0. The molecule has 3 aromatic carbocycles. The topological polar surface area (TPSA) is 55.4 Å². The lowest BCUT2D eigenvalue weighted by atomic mass is 10.0. The number of amides is 1. The van der Waals surface area contributed by atoms with Crippen molar-refractivity contribution in [3.8, 4) is 5.75 Å². The third-order valence-corrected chi connectivity index (χ3v) is 4.15. The highest BCUT2D eigenvalue weighted by Crippen LogP contribution is 2.27. The Kier molecular flexibility index (Phi) is 4.62. The number of rotatable bonds is 3. The monoisotopic (exact) mass is 383 g/mol. The summed E-state index contributed by atoms with van der Waals surface area (Å²) in [7, 11) is 0. The number of hydrogen-bond acceptors (Lipinski definition) is 3. The van der Waals surface area contributed by atoms with Gasteiger partial charge in [-0.05, 0) is 35.0 Å². The second-order valence-electron chi connectivity index (χ2n) is 5.24. The molecule has 3 rings (SSSR count). The molecule has 0 aliphatic heterocycles. The standard InChI is InChI=1S/C19H14BrNO3/c1-12(22)21-13-5-2-6-14(11-13)24-19(23)17-9-3-8-16-15(17)7-4-10-18(16)20/h2-11H,1H3,(H,21,22). The Morgan fingerprint density at radius 3 is 2.46 bits per heavy atom. The highest BCUT2D eigenvalue weighted by molar-refractivity contribution is 9.10. The van der Waals surface area contributed by atoms with Crippen molar-refractivity contribution >= 4 is 44.3 Å². The Hall–Kier alpha value is -2.66. The van der Waals surface area contributed by atoms with Gasteiger partial charge in [0.15, 0.2) is 0 Å². The van der Waals surface area contributed by atoms with Crippen molar-refractivity contribution in [3.63, 3.8) is 0 Å². The number of esters is 1. The first kappa shape index (κ1) is 16.2. The fraction of sp³-hybridized carbons (Fsp3) is 0.0526. The first-order valence-electron chi connectivity index (χ1n) is 7.31. The number of ether oxygens (including phenoxy) is 1. The predicted octanol–water partition coefficient (Wildman–Crippen LogP) is 4.78. The molecule has 0 fully saturated rings. The maximum Gasteiger partial charge on any atom is 0.344 e. The summed E-state index contributed by atoms with van der Waals surface area (Å²) >= 11 is 3.49. The van der Waals surface area contributed by atoms with Gasteiger partial charge >= 0.3 is 5.97 Å². The van der Waals surface area contributed by atoms with Crippen LogP contribution in [0.25, 0.3) is 10.8 Å². The van der Waals surface area contributed by atoms with Crippen molar-refractivity contribution in [1.82, 2.24) is 0 Å². The molecule has 0 heterocycles. The van der Waals surface area contributed by atoms with E-state index in [-0.39, 0.29) is 5.91 Å². The summed E-state index contributed by atoms with van der Waals surface area (Å²) in [6, 6.07) is 17.9. The van der Waals surface area contributed by atoms with Gasteiger partial charge in [-0.25, -0.2) is 4.79 Å². The Bertz CT molecular complexity index is 937. The molecule has 0 atom stereocenters. The number of halogens is 1. The van der Waals surface area contributed by atoms with Crippen LogP contribution in [0.4, 0.5) is 5.69 Å². The van der Waals surface area contributed by atoms with Gasteiger partial charge in [-0.3, -0.25) is 4.79 Å². The first-order chi connectivity index (χ1) is 11.5. The molecule has 0 aliphatic rings. The molecule has 120 valence electrons. The fourth-order valence-corrected chi connectivity index (χ4v) is 2.95. The summed E-state index contributed by atoms with van der Waals surface area (Å²) in [4.78, 5) is 23.7. The van der Waals surface area contributed by atoms with E-state index in [1.807, 2.05) is 30.3 Å². The SMILES string of the molecule is CC(=O)Nc1cccc(OC(=O)c2cccc3c(Br)cccc23)c1. The van der Waals surface area contributed by atoms with E-state index in [4.69, 9.17) is 4.74 Å². The predicted molar refractivity (Wildman–Crippen MR) is 97.4 cm³/mol. The molecule has 0 saturated heterocycles. The van der Waals surface area contributed by atoms with Crippen LogP contribution < -0.4 is 10.1 Å². The van der Waals surface area contributed by atoms with Crippen LogP contribution in [0.2, 0.25) is 0 Å². The summed E-state index contributed by atoms with van der Waals surface area (Å²) in [6.45, 7) is 1.42. The van der Waals surface area contributed by atoms with Gasteiger partial charge in [-0.1, -0.05) is 46.3 Å². The summed E-state index contributed by atoms with van der Waals surface area (Å²) in [5.74, 6) is -0.255. The number of anilines is 1. The zero-order valence-electron chi connectivity index (χ0n) is 12.9. The molecule has 24 heavy (non-hydrogen) atoms. The quantitative estimate of drug-likeness (QED) is 0.522. The highest BCUT2D eigenvalue weighted by atomic mass is 79.9. The van der Waals surface area contributed by atoms with Gasteiger partial charge in [0.05, 0.1) is 5.56 Å². The van der Waals surface area contributed by atoms with Crippen LogP contribution in [0, 0.1) is 0 Å². The average Bonchev–Trinajstić information content (AvgIpc) is 2.54. The lowest BCUT2D eigenvalue weighted by Crippen LogP contribution is -2.10. The Morgan fingerprint density at radius 2 is 1.67 bits per heavy atom. The van der Waals surface area contributed by atoms with Crippen LogP contribution in [0.5, 0.6) is 5.75 Å². The minimum atomic E-state index is -0.446. The third-order valence-electron chi connectivity index (χ3n) is 3.45. The number of fused-ring (bicyclic) bond motifs is 1. The molecule has 4 nitrogen and oxygen atoms in total. The number of hydrogen-bond donors (Lipinski definition) is 1. The molecule has 3 aromatic rings. The van der Waals surface area contributed by atoms with Gasteiger partial charge in [-0.2, -0.15) is 0 Å². The highest BCUT2D eigenvalue weighted by Gasteiger charge is 2.13. The van der Waals surface area contributed by atoms with Crippen LogP contribution in [0.15, 0.2) is 65.1 Å². The van der Waals surface area contributed by atoms with Crippen LogP contribution in [0.1, 0.15) is 17.3 Å². The van der Waals surface area contributed by atoms with Crippen LogP contribution in [-0.4, -0.2) is 11.9 Å². The summed E-state index contributed by atoms with van der Waals surface area (Å²) in [5, 5.41) is 4.42. The normalized spacial score (nSPS) is 10.4. The molecule has 0 radical (unpaired) electrons. The number of benzene rings is 3. The Balaban J connectivity index is 1.91. The van der Waals surface area contributed by atoms with Crippen molar-refractivity contribution in [3.05, 3.63) is 70.7 Å². The van der Waals surface area contributed by atoms with Gasteiger partial charge in [0.2, 0.25) is 5.91 Å². The van der Waals surface area contributed by atoms with Crippen molar-refractivity contribution < 1.29 is 14.3 Å². The molecule has 5 heteroatoms. The number of nitrogens with one attached hydrogen (secondary N) is 1. The Morgan fingerprint density at radius 1 is 0.958 bits per heavy atom. The van der Waals surface area contributed by atoms with Gasteiger partial charge in [0, 0.05) is 23.2 Å². The second-order valence-corrected chi connectivity index (χ2v) is 6.09. The maximum atomic E-state index is 12.5. The van der Waals surface area contributed by atoms with E-state index < -0.39 is 5.97 Å². The summed E-state index contributed by atoms with van der Waals surface area (Å²) in [5.41, 5.74) is 1.06. The smallest absolute Gasteiger partial charge is 0.344 e. The third kappa shape index (κ3) is 3.46. The second kappa shape index (κ2) is 6.84. The lowest BCUT2D eigenvalue weighted by molar-refractivity contribution is -0.114. The van der Waals surface area contributed by atoms with Gasteiger partial charge in [-0.15, -0.1) is 0 Å². The average molecular weight is 384 g/mol. The molecule has 0 aromatic heterocycles. The molecule has 0 bridgehead atoms. The van der Waals surface area contributed by atoms with Crippen molar-refractivity contribution in [2.45, 2.75) is 6.92 Å². The van der Waals surface area contributed by atoms with E-state index in [0.717, 1.165) is 15.2 Å². The molecule has 0 saturated carbocycles. The molecular formula is C19H14BrNO3. The summed E-state index contributed by atoms with van der Waals surface area (Å²) < 4.78 is 6.38. The van der Waals surface area contributed by atoms with E-state index in [1.54, 1.807) is 30.3 Å². The molecule has 0 spiro atoms. The van der Waals surface area contributed by atoms with Crippen LogP contribution in [-0.2, 0) is 4.79 Å². The number of carbonyl (C=O) groups is 2. The van der Waals surface area contributed by atoms with Gasteiger partial charge in [0.1, 0.15) is 5.75 Å². The maximum absolute atomic E-state index is 12.5. The largest absolute Gasteiger partial charge is 0.423 e. The Labute approximate surface area is 147 Å². The lowest BCUT2D eigenvalue weighted by Gasteiger charge is -2.09. The minimum absolute atomic E-state index is 0.183. The van der Waals surface area contributed by atoms with E-state index in [9.17, 15) is 9.59 Å². The zero-order valence-corrected chi connectivity index (χ0v) is 14.5. The fourth-order valence-electron chi connectivity index (χ4n) is 2.45. The molecule has 0 aliphatic carbocycles. The molecule has 1 amide bonds. The van der Waals surface area contributed by atoms with E-state index in [1.165, 1.54) is 6.92 Å². The number of carbonyl (C=O) groups excluding carboxylic acids is 2. The van der Waals surface area contributed by atoms with E-state index in [2.05, 4.69) is 21.2 Å².